The van der Waals surface area contributed by atoms with Gasteiger partial charge in [-0.25, -0.2) is 0 Å². The van der Waals surface area contributed by atoms with Gasteiger partial charge in [0.1, 0.15) is 0 Å². The van der Waals surface area contributed by atoms with Gasteiger partial charge in [-0.1, -0.05) is 29.3 Å². The minimum absolute atomic E-state index is 0.124. The van der Waals surface area contributed by atoms with Gasteiger partial charge in [0, 0.05) is 10.0 Å². The first kappa shape index (κ1) is 9.81. The van der Waals surface area contributed by atoms with Crippen molar-refractivity contribution in [2.75, 3.05) is 6.61 Å². The second-order valence-electron chi connectivity index (χ2n) is 2.45. The van der Waals surface area contributed by atoms with Crippen molar-refractivity contribution in [3.05, 3.63) is 33.8 Å². The number of hydrogen-bond donors (Lipinski definition) is 2. The Morgan fingerprint density at radius 1 is 1.42 bits per heavy atom. The third kappa shape index (κ3) is 2.11. The van der Waals surface area contributed by atoms with Gasteiger partial charge in [0.2, 0.25) is 0 Å². The van der Waals surface area contributed by atoms with Crippen molar-refractivity contribution in [2.45, 2.75) is 6.04 Å². The zero-order chi connectivity index (χ0) is 9.14. The van der Waals surface area contributed by atoms with Crippen LogP contribution in [-0.4, -0.2) is 11.7 Å². The fraction of sp³-hybridized carbons (Fsp3) is 0.250. The molecule has 4 heteroatoms. The van der Waals surface area contributed by atoms with Gasteiger partial charge >= 0.3 is 0 Å². The average Bonchev–Trinajstić information content (AvgIpc) is 2.03. The highest BCUT2D eigenvalue weighted by atomic mass is 35.5. The monoisotopic (exact) mass is 205 g/mol. The van der Waals surface area contributed by atoms with Gasteiger partial charge in [-0.3, -0.25) is 0 Å². The number of hydrogen-bond acceptors (Lipinski definition) is 2. The molecule has 0 radical (unpaired) electrons. The summed E-state index contributed by atoms with van der Waals surface area (Å²) in [5.41, 5.74) is 6.28. The molecular formula is C8H9Cl2NO. The fourth-order valence-corrected chi connectivity index (χ4v) is 1.45. The van der Waals surface area contributed by atoms with Crippen LogP contribution in [0.3, 0.4) is 0 Å². The molecule has 12 heavy (non-hydrogen) atoms. The predicted molar refractivity (Wildman–Crippen MR) is 50.5 cm³/mol. The lowest BCUT2D eigenvalue weighted by atomic mass is 10.1. The maximum absolute atomic E-state index is 8.77. The summed E-state index contributed by atoms with van der Waals surface area (Å²) in [6.45, 7) is -0.124. The Bertz CT molecular complexity index is 278. The molecule has 0 bridgehead atoms. The summed E-state index contributed by atoms with van der Waals surface area (Å²) in [4.78, 5) is 0. The third-order valence-corrected chi connectivity index (χ3v) is 2.12. The first-order valence-electron chi connectivity index (χ1n) is 3.46. The molecule has 3 N–H and O–H groups in total. The van der Waals surface area contributed by atoms with Crippen LogP contribution in [0.1, 0.15) is 11.6 Å². The van der Waals surface area contributed by atoms with Crippen LogP contribution in [0.25, 0.3) is 0 Å². The van der Waals surface area contributed by atoms with Crippen LogP contribution in [0.2, 0.25) is 10.0 Å². The molecule has 1 unspecified atom stereocenters. The van der Waals surface area contributed by atoms with Crippen molar-refractivity contribution in [1.82, 2.24) is 0 Å². The lowest BCUT2D eigenvalue weighted by Gasteiger charge is -2.10. The molecule has 0 saturated carbocycles. The predicted octanol–water partition coefficient (Wildman–Crippen LogP) is 1.99. The second-order valence-corrected chi connectivity index (χ2v) is 3.30. The standard InChI is InChI=1S/C8H9Cl2NO/c9-5-1-2-6(7(10)3-5)8(11)4-12/h1-3,8,12H,4,11H2. The van der Waals surface area contributed by atoms with Crippen molar-refractivity contribution in [3.63, 3.8) is 0 Å². The average molecular weight is 206 g/mol. The van der Waals surface area contributed by atoms with E-state index in [1.165, 1.54) is 0 Å². The van der Waals surface area contributed by atoms with Gasteiger partial charge < -0.3 is 10.8 Å². The molecule has 0 aliphatic carbocycles. The van der Waals surface area contributed by atoms with E-state index in [-0.39, 0.29) is 6.61 Å². The van der Waals surface area contributed by atoms with E-state index in [1.54, 1.807) is 18.2 Å². The highest BCUT2D eigenvalue weighted by Gasteiger charge is 2.08. The maximum Gasteiger partial charge on any atom is 0.0624 e. The fourth-order valence-electron chi connectivity index (χ4n) is 0.901. The van der Waals surface area contributed by atoms with Gasteiger partial charge in [-0.15, -0.1) is 0 Å². The molecule has 0 saturated heterocycles. The molecule has 0 heterocycles. The lowest BCUT2D eigenvalue weighted by Crippen LogP contribution is -2.14. The van der Waals surface area contributed by atoms with Crippen LogP contribution in [0, 0.1) is 0 Å². The number of halogens is 2. The summed E-state index contributed by atoms with van der Waals surface area (Å²) in [7, 11) is 0. The summed E-state index contributed by atoms with van der Waals surface area (Å²) in [6.07, 6.45) is 0. The van der Waals surface area contributed by atoms with Crippen LogP contribution in [0.15, 0.2) is 18.2 Å². The van der Waals surface area contributed by atoms with E-state index in [4.69, 9.17) is 34.0 Å². The zero-order valence-electron chi connectivity index (χ0n) is 6.30. The number of rotatable bonds is 2. The molecule has 0 aromatic heterocycles. The molecule has 1 aromatic rings. The summed E-state index contributed by atoms with van der Waals surface area (Å²) in [5, 5.41) is 9.82. The summed E-state index contributed by atoms with van der Waals surface area (Å²) in [5.74, 6) is 0. The Labute approximate surface area is 80.9 Å². The summed E-state index contributed by atoms with van der Waals surface area (Å²) in [6, 6.07) is 4.58. The van der Waals surface area contributed by atoms with Crippen molar-refractivity contribution < 1.29 is 5.11 Å². The largest absolute Gasteiger partial charge is 0.394 e. The number of aliphatic hydroxyl groups is 1. The van der Waals surface area contributed by atoms with E-state index in [1.807, 2.05) is 0 Å². The van der Waals surface area contributed by atoms with E-state index in [0.717, 1.165) is 0 Å². The lowest BCUT2D eigenvalue weighted by molar-refractivity contribution is 0.268. The smallest absolute Gasteiger partial charge is 0.0624 e. The van der Waals surface area contributed by atoms with Crippen LogP contribution in [0.5, 0.6) is 0 Å². The van der Waals surface area contributed by atoms with Crippen LogP contribution in [0.4, 0.5) is 0 Å². The summed E-state index contributed by atoms with van der Waals surface area (Å²) >= 11 is 11.5. The highest BCUT2D eigenvalue weighted by Crippen LogP contribution is 2.24. The molecule has 0 spiro atoms. The minimum Gasteiger partial charge on any atom is -0.394 e. The van der Waals surface area contributed by atoms with Gasteiger partial charge in [0.15, 0.2) is 0 Å². The Kier molecular flexibility index (Phi) is 3.35. The van der Waals surface area contributed by atoms with E-state index in [2.05, 4.69) is 0 Å². The molecule has 0 aliphatic rings. The van der Waals surface area contributed by atoms with Crippen molar-refractivity contribution in [3.8, 4) is 0 Å². The van der Waals surface area contributed by atoms with Crippen molar-refractivity contribution in [2.24, 2.45) is 5.73 Å². The Morgan fingerprint density at radius 2 is 2.08 bits per heavy atom. The number of benzene rings is 1. The van der Waals surface area contributed by atoms with Crippen molar-refractivity contribution >= 4 is 23.2 Å². The number of aliphatic hydroxyl groups excluding tert-OH is 1. The Balaban J connectivity index is 3.01. The van der Waals surface area contributed by atoms with E-state index < -0.39 is 6.04 Å². The molecule has 1 aromatic carbocycles. The minimum atomic E-state index is -0.435. The Hall–Kier alpha value is -0.280. The molecule has 1 rings (SSSR count). The van der Waals surface area contributed by atoms with Gasteiger partial charge in [0.05, 0.1) is 12.6 Å². The molecule has 66 valence electrons. The molecule has 0 fully saturated rings. The van der Waals surface area contributed by atoms with Gasteiger partial charge in [-0.05, 0) is 17.7 Å². The molecule has 2 nitrogen and oxygen atoms in total. The molecule has 0 aliphatic heterocycles. The van der Waals surface area contributed by atoms with Gasteiger partial charge in [0.25, 0.3) is 0 Å². The van der Waals surface area contributed by atoms with Crippen LogP contribution < -0.4 is 5.73 Å². The van der Waals surface area contributed by atoms with E-state index in [0.29, 0.717) is 15.6 Å². The normalized spacial score (nSPS) is 13.0. The quantitative estimate of drug-likeness (QED) is 0.777. The van der Waals surface area contributed by atoms with E-state index in [9.17, 15) is 0 Å². The van der Waals surface area contributed by atoms with Crippen molar-refractivity contribution in [1.29, 1.82) is 0 Å². The molecular weight excluding hydrogens is 197 g/mol. The second kappa shape index (κ2) is 4.10. The zero-order valence-corrected chi connectivity index (χ0v) is 7.81. The van der Waals surface area contributed by atoms with Crippen LogP contribution in [-0.2, 0) is 0 Å². The maximum atomic E-state index is 8.77. The topological polar surface area (TPSA) is 46.2 Å². The Morgan fingerprint density at radius 3 is 2.58 bits per heavy atom. The molecule has 1 atom stereocenters. The number of nitrogens with two attached hydrogens (primary N) is 1. The molecule has 0 amide bonds. The van der Waals surface area contributed by atoms with Crippen LogP contribution >= 0.6 is 23.2 Å². The first-order valence-corrected chi connectivity index (χ1v) is 4.22. The highest BCUT2D eigenvalue weighted by molar-refractivity contribution is 6.35. The SMILES string of the molecule is NC(CO)c1ccc(Cl)cc1Cl. The van der Waals surface area contributed by atoms with E-state index >= 15 is 0 Å². The third-order valence-electron chi connectivity index (χ3n) is 1.56. The summed E-state index contributed by atoms with van der Waals surface area (Å²) < 4.78 is 0. The first-order chi connectivity index (χ1) is 5.65. The van der Waals surface area contributed by atoms with Gasteiger partial charge in [-0.2, -0.15) is 0 Å².